The molecule has 2 fully saturated rings. The summed E-state index contributed by atoms with van der Waals surface area (Å²) in [4.78, 5) is 0. The maximum atomic E-state index is 11.5. The standard InChI is InChI=1S/C16H32N2O3S/c1-12(2)13-6-8-14(9-7-13)21-11-16-15(5-4-10-17-16)18-22(3,19)20/h12-18H,4-11H2,1-3H3. The Bertz CT molecular complexity index is 431. The van der Waals surface area contributed by atoms with Crippen LogP contribution in [-0.2, 0) is 14.8 Å². The zero-order valence-electron chi connectivity index (χ0n) is 14.2. The molecule has 130 valence electrons. The van der Waals surface area contributed by atoms with Gasteiger partial charge in [0.05, 0.1) is 19.0 Å². The molecule has 0 bridgehead atoms. The zero-order valence-corrected chi connectivity index (χ0v) is 15.0. The average Bonchev–Trinajstić information content (AvgIpc) is 2.45. The molecule has 2 N–H and O–H groups in total. The lowest BCUT2D eigenvalue weighted by atomic mass is 9.80. The van der Waals surface area contributed by atoms with Crippen LogP contribution in [0, 0.1) is 11.8 Å². The van der Waals surface area contributed by atoms with E-state index in [0.717, 1.165) is 44.1 Å². The molecule has 1 heterocycles. The van der Waals surface area contributed by atoms with E-state index in [-0.39, 0.29) is 12.1 Å². The summed E-state index contributed by atoms with van der Waals surface area (Å²) in [6.45, 7) is 6.15. The van der Waals surface area contributed by atoms with E-state index in [2.05, 4.69) is 23.9 Å². The summed E-state index contributed by atoms with van der Waals surface area (Å²) < 4.78 is 31.8. The first kappa shape index (κ1) is 18.2. The van der Waals surface area contributed by atoms with Crippen molar-refractivity contribution < 1.29 is 13.2 Å². The van der Waals surface area contributed by atoms with Gasteiger partial charge in [-0.3, -0.25) is 0 Å². The van der Waals surface area contributed by atoms with Crippen molar-refractivity contribution in [2.75, 3.05) is 19.4 Å². The lowest BCUT2D eigenvalue weighted by molar-refractivity contribution is -0.00404. The number of rotatable bonds is 6. The molecular formula is C16H32N2O3S. The molecule has 2 atom stereocenters. The summed E-state index contributed by atoms with van der Waals surface area (Å²) in [6.07, 6.45) is 8.25. The van der Waals surface area contributed by atoms with E-state index in [0.29, 0.717) is 12.7 Å². The molecule has 5 nitrogen and oxygen atoms in total. The van der Waals surface area contributed by atoms with E-state index in [4.69, 9.17) is 4.74 Å². The Balaban J connectivity index is 1.77. The minimum Gasteiger partial charge on any atom is -0.377 e. The molecule has 1 saturated carbocycles. The summed E-state index contributed by atoms with van der Waals surface area (Å²) in [6, 6.07) is 0.0436. The third-order valence-corrected chi connectivity index (χ3v) is 5.85. The van der Waals surface area contributed by atoms with Gasteiger partial charge in [0.25, 0.3) is 0 Å². The number of piperidine rings is 1. The monoisotopic (exact) mass is 332 g/mol. The smallest absolute Gasteiger partial charge is 0.209 e. The van der Waals surface area contributed by atoms with Crippen molar-refractivity contribution in [2.45, 2.75) is 70.6 Å². The van der Waals surface area contributed by atoms with Crippen LogP contribution in [-0.4, -0.2) is 46.0 Å². The molecule has 0 aromatic carbocycles. The molecule has 22 heavy (non-hydrogen) atoms. The largest absolute Gasteiger partial charge is 0.377 e. The van der Waals surface area contributed by atoms with Crippen LogP contribution in [0.4, 0.5) is 0 Å². The van der Waals surface area contributed by atoms with Crippen molar-refractivity contribution in [1.29, 1.82) is 0 Å². The minimum atomic E-state index is -3.16. The Kier molecular flexibility index (Phi) is 6.68. The average molecular weight is 333 g/mol. The minimum absolute atomic E-state index is 0.0456. The first-order valence-electron chi connectivity index (χ1n) is 8.67. The fraction of sp³-hybridized carbons (Fsp3) is 1.00. The van der Waals surface area contributed by atoms with E-state index in [1.54, 1.807) is 0 Å². The predicted molar refractivity (Wildman–Crippen MR) is 89.3 cm³/mol. The zero-order chi connectivity index (χ0) is 16.2. The Morgan fingerprint density at radius 3 is 2.45 bits per heavy atom. The maximum Gasteiger partial charge on any atom is 0.209 e. The third kappa shape index (κ3) is 5.80. The van der Waals surface area contributed by atoms with Gasteiger partial charge in [0.1, 0.15) is 0 Å². The number of sulfonamides is 1. The van der Waals surface area contributed by atoms with Crippen LogP contribution in [0.15, 0.2) is 0 Å². The van der Waals surface area contributed by atoms with Crippen LogP contribution in [0.1, 0.15) is 52.4 Å². The number of nitrogens with one attached hydrogen (secondary N) is 2. The topological polar surface area (TPSA) is 67.4 Å². The lowest BCUT2D eigenvalue weighted by Gasteiger charge is -2.35. The summed E-state index contributed by atoms with van der Waals surface area (Å²) in [5.74, 6) is 1.61. The van der Waals surface area contributed by atoms with Crippen molar-refractivity contribution >= 4 is 10.0 Å². The first-order valence-corrected chi connectivity index (χ1v) is 10.6. The summed E-state index contributed by atoms with van der Waals surface area (Å²) in [5.41, 5.74) is 0. The van der Waals surface area contributed by atoms with Crippen molar-refractivity contribution in [2.24, 2.45) is 11.8 Å². The van der Waals surface area contributed by atoms with Crippen LogP contribution >= 0.6 is 0 Å². The Morgan fingerprint density at radius 2 is 1.86 bits per heavy atom. The molecule has 0 aromatic rings. The normalized spacial score (nSPS) is 34.0. The van der Waals surface area contributed by atoms with Crippen LogP contribution in [0.3, 0.4) is 0 Å². The van der Waals surface area contributed by atoms with Gasteiger partial charge < -0.3 is 10.1 Å². The van der Waals surface area contributed by atoms with Gasteiger partial charge in [0.2, 0.25) is 10.0 Å². The highest BCUT2D eigenvalue weighted by atomic mass is 32.2. The van der Waals surface area contributed by atoms with E-state index >= 15 is 0 Å². The lowest BCUT2D eigenvalue weighted by Crippen LogP contribution is -2.55. The van der Waals surface area contributed by atoms with Crippen LogP contribution in [0.25, 0.3) is 0 Å². The second kappa shape index (κ2) is 8.08. The van der Waals surface area contributed by atoms with Gasteiger partial charge in [-0.25, -0.2) is 13.1 Å². The Labute approximate surface area is 135 Å². The van der Waals surface area contributed by atoms with Gasteiger partial charge in [-0.1, -0.05) is 13.8 Å². The SMILES string of the molecule is CC(C)C1CCC(OCC2NCCCC2NS(C)(=O)=O)CC1. The number of hydrogen-bond donors (Lipinski definition) is 2. The maximum absolute atomic E-state index is 11.5. The third-order valence-electron chi connectivity index (χ3n) is 5.12. The van der Waals surface area contributed by atoms with Crippen LogP contribution in [0.2, 0.25) is 0 Å². The van der Waals surface area contributed by atoms with E-state index < -0.39 is 10.0 Å². The molecule has 1 saturated heterocycles. The molecule has 0 aromatic heterocycles. The molecule has 0 spiro atoms. The molecule has 6 heteroatoms. The fourth-order valence-electron chi connectivity index (χ4n) is 3.71. The van der Waals surface area contributed by atoms with Crippen LogP contribution < -0.4 is 10.0 Å². The van der Waals surface area contributed by atoms with Gasteiger partial charge in [-0.15, -0.1) is 0 Å². The summed E-state index contributed by atoms with van der Waals surface area (Å²) in [7, 11) is -3.16. The van der Waals surface area contributed by atoms with E-state index in [1.807, 2.05) is 0 Å². The second-order valence-electron chi connectivity index (χ2n) is 7.31. The highest BCUT2D eigenvalue weighted by Gasteiger charge is 2.29. The molecule has 2 unspecified atom stereocenters. The summed E-state index contributed by atoms with van der Waals surface area (Å²) >= 11 is 0. The number of ether oxygens (including phenoxy) is 1. The van der Waals surface area contributed by atoms with Crippen LogP contribution in [0.5, 0.6) is 0 Å². The molecule has 2 rings (SSSR count). The molecule has 0 radical (unpaired) electrons. The molecule has 0 amide bonds. The molecule has 2 aliphatic rings. The fourth-order valence-corrected chi connectivity index (χ4v) is 4.54. The highest BCUT2D eigenvalue weighted by molar-refractivity contribution is 7.88. The molecule has 1 aliphatic heterocycles. The highest BCUT2D eigenvalue weighted by Crippen LogP contribution is 2.31. The number of hydrogen-bond acceptors (Lipinski definition) is 4. The molecular weight excluding hydrogens is 300 g/mol. The Morgan fingerprint density at radius 1 is 1.18 bits per heavy atom. The van der Waals surface area contributed by atoms with Crippen molar-refractivity contribution in [1.82, 2.24) is 10.0 Å². The van der Waals surface area contributed by atoms with Crippen molar-refractivity contribution in [3.8, 4) is 0 Å². The van der Waals surface area contributed by atoms with Gasteiger partial charge in [0, 0.05) is 12.1 Å². The van der Waals surface area contributed by atoms with Gasteiger partial charge in [-0.05, 0) is 56.9 Å². The second-order valence-corrected chi connectivity index (χ2v) is 9.09. The van der Waals surface area contributed by atoms with E-state index in [1.165, 1.54) is 19.1 Å². The Hall–Kier alpha value is -0.170. The first-order chi connectivity index (χ1) is 10.3. The van der Waals surface area contributed by atoms with Gasteiger partial charge in [0.15, 0.2) is 0 Å². The van der Waals surface area contributed by atoms with Gasteiger partial charge in [-0.2, -0.15) is 0 Å². The summed E-state index contributed by atoms with van der Waals surface area (Å²) in [5, 5.41) is 3.41. The van der Waals surface area contributed by atoms with E-state index in [9.17, 15) is 8.42 Å². The quantitative estimate of drug-likeness (QED) is 0.779. The van der Waals surface area contributed by atoms with Crippen molar-refractivity contribution in [3.05, 3.63) is 0 Å². The van der Waals surface area contributed by atoms with Gasteiger partial charge >= 0.3 is 0 Å². The predicted octanol–water partition coefficient (Wildman–Crippen LogP) is 1.89. The van der Waals surface area contributed by atoms with Crippen molar-refractivity contribution in [3.63, 3.8) is 0 Å². The molecule has 1 aliphatic carbocycles.